The number of hydrogen-bond acceptors (Lipinski definition) is 4. The molecule has 0 spiro atoms. The van der Waals surface area contributed by atoms with Gasteiger partial charge in [0.15, 0.2) is 0 Å². The summed E-state index contributed by atoms with van der Waals surface area (Å²) in [7, 11) is 1.56. The maximum atomic E-state index is 12.7. The standard InChI is InChI=1S/C20H16N4O3/c1-24(11-17-21-16-9-5-3-7-13(16)18(25)23-17)20(27)14-10-12-6-2-4-8-15(12)22-19(14)26/h2-10H,11H2,1H3,(H,22,26)(H,21,23,25). The number of rotatable bonds is 3. The molecular formula is C20H16N4O3. The third kappa shape index (κ3) is 3.10. The summed E-state index contributed by atoms with van der Waals surface area (Å²) < 4.78 is 0. The van der Waals surface area contributed by atoms with E-state index in [1.807, 2.05) is 18.2 Å². The number of nitrogens with one attached hydrogen (secondary N) is 2. The number of nitrogens with zero attached hydrogens (tertiary/aromatic N) is 2. The number of fused-ring (bicyclic) bond motifs is 2. The minimum Gasteiger partial charge on any atom is -0.334 e. The van der Waals surface area contributed by atoms with Gasteiger partial charge in [0.05, 0.1) is 17.4 Å². The highest BCUT2D eigenvalue weighted by atomic mass is 16.2. The molecule has 7 heteroatoms. The molecule has 0 saturated carbocycles. The Hall–Kier alpha value is -3.74. The van der Waals surface area contributed by atoms with Crippen molar-refractivity contribution in [2.45, 2.75) is 6.54 Å². The Labute approximate surface area is 153 Å². The summed E-state index contributed by atoms with van der Waals surface area (Å²) in [4.78, 5) is 48.3. The number of aromatic nitrogens is 3. The fourth-order valence-electron chi connectivity index (χ4n) is 3.02. The molecule has 2 heterocycles. The van der Waals surface area contributed by atoms with Crippen LogP contribution in [0.2, 0.25) is 0 Å². The van der Waals surface area contributed by atoms with E-state index in [2.05, 4.69) is 15.0 Å². The summed E-state index contributed by atoms with van der Waals surface area (Å²) in [6.07, 6.45) is 0. The molecule has 4 rings (SSSR count). The van der Waals surface area contributed by atoms with Crippen molar-refractivity contribution in [1.29, 1.82) is 0 Å². The molecule has 7 nitrogen and oxygen atoms in total. The number of amides is 1. The van der Waals surface area contributed by atoms with Gasteiger partial charge < -0.3 is 14.9 Å². The van der Waals surface area contributed by atoms with E-state index in [4.69, 9.17) is 0 Å². The zero-order valence-corrected chi connectivity index (χ0v) is 14.5. The van der Waals surface area contributed by atoms with Gasteiger partial charge in [0.2, 0.25) is 0 Å². The predicted octanol–water partition coefficient (Wildman–Crippen LogP) is 2.04. The van der Waals surface area contributed by atoms with Crippen molar-refractivity contribution in [3.63, 3.8) is 0 Å². The molecular weight excluding hydrogens is 344 g/mol. The molecule has 0 fully saturated rings. The van der Waals surface area contributed by atoms with Gasteiger partial charge in [0.25, 0.3) is 17.0 Å². The molecule has 0 aliphatic heterocycles. The lowest BCUT2D eigenvalue weighted by Gasteiger charge is -2.16. The smallest absolute Gasteiger partial charge is 0.261 e. The van der Waals surface area contributed by atoms with Gasteiger partial charge in [-0.1, -0.05) is 30.3 Å². The van der Waals surface area contributed by atoms with Crippen molar-refractivity contribution in [2.24, 2.45) is 0 Å². The number of para-hydroxylation sites is 2. The van der Waals surface area contributed by atoms with E-state index in [0.717, 1.165) is 5.39 Å². The van der Waals surface area contributed by atoms with Crippen LogP contribution in [0.3, 0.4) is 0 Å². The van der Waals surface area contributed by atoms with E-state index in [-0.39, 0.29) is 17.7 Å². The van der Waals surface area contributed by atoms with Gasteiger partial charge in [-0.15, -0.1) is 0 Å². The number of carbonyl (C=O) groups is 1. The molecule has 4 aromatic rings. The van der Waals surface area contributed by atoms with Crippen molar-refractivity contribution >= 4 is 27.7 Å². The van der Waals surface area contributed by atoms with E-state index in [0.29, 0.717) is 22.2 Å². The number of aromatic amines is 2. The molecule has 0 unspecified atom stereocenters. The average molecular weight is 360 g/mol. The van der Waals surface area contributed by atoms with Gasteiger partial charge >= 0.3 is 0 Å². The van der Waals surface area contributed by atoms with E-state index >= 15 is 0 Å². The van der Waals surface area contributed by atoms with Crippen LogP contribution in [0.15, 0.2) is 64.2 Å². The Bertz CT molecular complexity index is 1290. The highest BCUT2D eigenvalue weighted by molar-refractivity contribution is 5.97. The van der Waals surface area contributed by atoms with Crippen LogP contribution >= 0.6 is 0 Å². The fourth-order valence-corrected chi connectivity index (χ4v) is 3.02. The average Bonchev–Trinajstić information content (AvgIpc) is 2.67. The van der Waals surface area contributed by atoms with Crippen LogP contribution in [0, 0.1) is 0 Å². The van der Waals surface area contributed by atoms with Gasteiger partial charge in [0.1, 0.15) is 11.4 Å². The zero-order chi connectivity index (χ0) is 19.0. The minimum atomic E-state index is -0.453. The Morgan fingerprint density at radius 1 is 1.00 bits per heavy atom. The second-order valence-electron chi connectivity index (χ2n) is 6.29. The lowest BCUT2D eigenvalue weighted by molar-refractivity contribution is 0.0780. The number of benzene rings is 2. The Balaban J connectivity index is 1.66. The van der Waals surface area contributed by atoms with Gasteiger partial charge in [-0.05, 0) is 29.7 Å². The number of hydrogen-bond donors (Lipinski definition) is 2. The summed E-state index contributed by atoms with van der Waals surface area (Å²) in [6.45, 7) is 0.0746. The molecule has 0 atom stereocenters. The lowest BCUT2D eigenvalue weighted by Crippen LogP contribution is -2.32. The molecule has 2 aromatic heterocycles. The minimum absolute atomic E-state index is 0.0411. The number of pyridine rings is 1. The first kappa shape index (κ1) is 16.7. The van der Waals surface area contributed by atoms with Crippen molar-refractivity contribution in [1.82, 2.24) is 19.9 Å². The molecule has 27 heavy (non-hydrogen) atoms. The third-order valence-corrected chi connectivity index (χ3v) is 4.38. The van der Waals surface area contributed by atoms with Crippen LogP contribution in [0.1, 0.15) is 16.2 Å². The molecule has 134 valence electrons. The molecule has 0 aliphatic rings. The van der Waals surface area contributed by atoms with Gasteiger partial charge in [-0.2, -0.15) is 0 Å². The first-order chi connectivity index (χ1) is 13.0. The highest BCUT2D eigenvalue weighted by Crippen LogP contribution is 2.12. The zero-order valence-electron chi connectivity index (χ0n) is 14.5. The maximum Gasteiger partial charge on any atom is 0.261 e. The van der Waals surface area contributed by atoms with Crippen LogP contribution in [0.5, 0.6) is 0 Å². The van der Waals surface area contributed by atoms with Gasteiger partial charge in [-0.25, -0.2) is 4.98 Å². The van der Waals surface area contributed by atoms with Crippen LogP contribution in [0.4, 0.5) is 0 Å². The monoisotopic (exact) mass is 360 g/mol. The Morgan fingerprint density at radius 3 is 2.59 bits per heavy atom. The predicted molar refractivity (Wildman–Crippen MR) is 103 cm³/mol. The van der Waals surface area contributed by atoms with Crippen LogP contribution < -0.4 is 11.1 Å². The lowest BCUT2D eigenvalue weighted by atomic mass is 10.1. The summed E-state index contributed by atoms with van der Waals surface area (Å²) in [5.41, 5.74) is 0.549. The topological polar surface area (TPSA) is 98.9 Å². The normalized spacial score (nSPS) is 11.0. The third-order valence-electron chi connectivity index (χ3n) is 4.38. The molecule has 0 bridgehead atoms. The van der Waals surface area contributed by atoms with Crippen molar-refractivity contribution in [2.75, 3.05) is 7.05 Å². The summed E-state index contributed by atoms with van der Waals surface area (Å²) >= 11 is 0. The molecule has 2 N–H and O–H groups in total. The maximum absolute atomic E-state index is 12.7. The molecule has 0 saturated heterocycles. The quantitative estimate of drug-likeness (QED) is 0.584. The van der Waals surface area contributed by atoms with Crippen LogP contribution in [-0.4, -0.2) is 32.8 Å². The van der Waals surface area contributed by atoms with E-state index in [9.17, 15) is 14.4 Å². The Kier molecular flexibility index (Phi) is 4.04. The van der Waals surface area contributed by atoms with Crippen LogP contribution in [0.25, 0.3) is 21.8 Å². The molecule has 0 radical (unpaired) electrons. The van der Waals surface area contributed by atoms with E-state index < -0.39 is 11.5 Å². The van der Waals surface area contributed by atoms with E-state index in [1.54, 1.807) is 43.4 Å². The van der Waals surface area contributed by atoms with Crippen molar-refractivity contribution in [3.8, 4) is 0 Å². The Morgan fingerprint density at radius 2 is 1.74 bits per heavy atom. The highest BCUT2D eigenvalue weighted by Gasteiger charge is 2.17. The summed E-state index contributed by atoms with van der Waals surface area (Å²) in [5, 5.41) is 1.26. The summed E-state index contributed by atoms with van der Waals surface area (Å²) in [5.74, 6) is -0.0930. The van der Waals surface area contributed by atoms with Crippen molar-refractivity contribution < 1.29 is 4.79 Å². The van der Waals surface area contributed by atoms with Gasteiger partial charge in [-0.3, -0.25) is 14.4 Å². The number of carbonyl (C=O) groups excluding carboxylic acids is 1. The largest absolute Gasteiger partial charge is 0.334 e. The second kappa shape index (κ2) is 6.53. The van der Waals surface area contributed by atoms with E-state index in [1.165, 1.54) is 4.90 Å². The first-order valence-corrected chi connectivity index (χ1v) is 8.38. The molecule has 1 amide bonds. The fraction of sp³-hybridized carbons (Fsp3) is 0.100. The summed E-state index contributed by atoms with van der Waals surface area (Å²) in [6, 6.07) is 15.8. The SMILES string of the molecule is CN(Cc1nc2ccccc2c(=O)[nH]1)C(=O)c1cc2ccccc2[nH]c1=O. The van der Waals surface area contributed by atoms with Crippen LogP contribution in [-0.2, 0) is 6.54 Å². The second-order valence-corrected chi connectivity index (χ2v) is 6.29. The van der Waals surface area contributed by atoms with Crippen molar-refractivity contribution in [3.05, 3.63) is 86.7 Å². The molecule has 2 aromatic carbocycles. The number of H-pyrrole nitrogens is 2. The van der Waals surface area contributed by atoms with Gasteiger partial charge in [0, 0.05) is 12.6 Å². The first-order valence-electron chi connectivity index (χ1n) is 8.38. The molecule has 0 aliphatic carbocycles.